The SMILES string of the molecule is Cc1cc(Cl)nc2c(C)cc(Br)cc12. The average molecular weight is 271 g/mol. The Kier molecular flexibility index (Phi) is 2.50. The van der Waals surface area contributed by atoms with Crippen molar-refractivity contribution in [2.75, 3.05) is 0 Å². The first-order valence-corrected chi connectivity index (χ1v) is 5.48. The standard InChI is InChI=1S/C11H9BrClN/c1-6-4-10(13)14-11-7(2)3-8(12)5-9(6)11/h3-5H,1-2H3. The Labute approximate surface area is 96.2 Å². The van der Waals surface area contributed by atoms with E-state index in [1.54, 1.807) is 0 Å². The minimum Gasteiger partial charge on any atom is -0.236 e. The number of hydrogen-bond donors (Lipinski definition) is 0. The molecular formula is C11H9BrClN. The van der Waals surface area contributed by atoms with E-state index in [0.717, 1.165) is 26.5 Å². The average Bonchev–Trinajstić information content (AvgIpc) is 2.07. The summed E-state index contributed by atoms with van der Waals surface area (Å²) in [7, 11) is 0. The summed E-state index contributed by atoms with van der Waals surface area (Å²) < 4.78 is 1.08. The Balaban J connectivity index is 2.94. The number of hydrogen-bond acceptors (Lipinski definition) is 1. The maximum atomic E-state index is 5.91. The van der Waals surface area contributed by atoms with Crippen LogP contribution in [0.2, 0.25) is 5.15 Å². The van der Waals surface area contributed by atoms with E-state index < -0.39 is 0 Å². The fraction of sp³-hybridized carbons (Fsp3) is 0.182. The second kappa shape index (κ2) is 3.52. The summed E-state index contributed by atoms with van der Waals surface area (Å²) in [6, 6.07) is 6.00. The molecule has 0 aliphatic heterocycles. The monoisotopic (exact) mass is 269 g/mol. The highest BCUT2D eigenvalue weighted by Crippen LogP contribution is 2.26. The fourth-order valence-corrected chi connectivity index (χ4v) is 2.40. The van der Waals surface area contributed by atoms with Gasteiger partial charge in [-0.2, -0.15) is 0 Å². The van der Waals surface area contributed by atoms with Crippen molar-refractivity contribution in [2.24, 2.45) is 0 Å². The molecule has 0 saturated carbocycles. The number of rotatable bonds is 0. The zero-order chi connectivity index (χ0) is 10.3. The summed E-state index contributed by atoms with van der Waals surface area (Å²) in [6.45, 7) is 4.08. The van der Waals surface area contributed by atoms with Gasteiger partial charge in [0.15, 0.2) is 0 Å². The van der Waals surface area contributed by atoms with Gasteiger partial charge in [-0.05, 0) is 43.2 Å². The lowest BCUT2D eigenvalue weighted by atomic mass is 10.1. The van der Waals surface area contributed by atoms with E-state index in [4.69, 9.17) is 11.6 Å². The van der Waals surface area contributed by atoms with Crippen molar-refractivity contribution in [3.8, 4) is 0 Å². The van der Waals surface area contributed by atoms with Gasteiger partial charge < -0.3 is 0 Å². The van der Waals surface area contributed by atoms with Gasteiger partial charge in [-0.15, -0.1) is 0 Å². The smallest absolute Gasteiger partial charge is 0.130 e. The molecule has 72 valence electrons. The molecule has 0 unspecified atom stereocenters. The number of fused-ring (bicyclic) bond motifs is 1. The van der Waals surface area contributed by atoms with Crippen LogP contribution in [0.4, 0.5) is 0 Å². The van der Waals surface area contributed by atoms with Gasteiger partial charge in [-0.25, -0.2) is 4.98 Å². The molecular weight excluding hydrogens is 261 g/mol. The molecule has 2 aromatic rings. The number of aromatic nitrogens is 1. The van der Waals surface area contributed by atoms with Gasteiger partial charge >= 0.3 is 0 Å². The normalized spacial score (nSPS) is 10.9. The Morgan fingerprint density at radius 3 is 2.57 bits per heavy atom. The molecule has 0 atom stereocenters. The lowest BCUT2D eigenvalue weighted by molar-refractivity contribution is 1.33. The van der Waals surface area contributed by atoms with E-state index in [1.165, 1.54) is 0 Å². The molecule has 0 saturated heterocycles. The van der Waals surface area contributed by atoms with Crippen LogP contribution >= 0.6 is 27.5 Å². The highest BCUT2D eigenvalue weighted by Gasteiger charge is 2.05. The summed E-state index contributed by atoms with van der Waals surface area (Å²) in [5.74, 6) is 0. The van der Waals surface area contributed by atoms with E-state index in [9.17, 15) is 0 Å². The molecule has 0 fully saturated rings. The number of benzene rings is 1. The molecule has 14 heavy (non-hydrogen) atoms. The highest BCUT2D eigenvalue weighted by atomic mass is 79.9. The van der Waals surface area contributed by atoms with Gasteiger partial charge in [0.25, 0.3) is 0 Å². The Bertz CT molecular complexity index is 461. The van der Waals surface area contributed by atoms with Gasteiger partial charge in [0.05, 0.1) is 5.52 Å². The van der Waals surface area contributed by atoms with Crippen molar-refractivity contribution < 1.29 is 0 Å². The van der Waals surface area contributed by atoms with Crippen LogP contribution < -0.4 is 0 Å². The van der Waals surface area contributed by atoms with Crippen LogP contribution in [-0.2, 0) is 0 Å². The van der Waals surface area contributed by atoms with Gasteiger partial charge in [0.1, 0.15) is 5.15 Å². The van der Waals surface area contributed by atoms with Crippen LogP contribution in [-0.4, -0.2) is 4.98 Å². The lowest BCUT2D eigenvalue weighted by Gasteiger charge is -2.06. The van der Waals surface area contributed by atoms with E-state index in [2.05, 4.69) is 27.0 Å². The first-order chi connectivity index (χ1) is 6.58. The molecule has 3 heteroatoms. The van der Waals surface area contributed by atoms with Crippen LogP contribution in [0.3, 0.4) is 0 Å². The van der Waals surface area contributed by atoms with Gasteiger partial charge in [0.2, 0.25) is 0 Å². The van der Waals surface area contributed by atoms with Gasteiger partial charge in [-0.3, -0.25) is 0 Å². The summed E-state index contributed by atoms with van der Waals surface area (Å²) >= 11 is 9.39. The molecule has 0 amide bonds. The summed E-state index contributed by atoms with van der Waals surface area (Å²) in [5, 5.41) is 1.71. The third kappa shape index (κ3) is 1.64. The number of nitrogens with zero attached hydrogens (tertiary/aromatic N) is 1. The molecule has 1 heterocycles. The first-order valence-electron chi connectivity index (χ1n) is 4.31. The molecule has 0 N–H and O–H groups in total. The topological polar surface area (TPSA) is 12.9 Å². The van der Waals surface area contributed by atoms with Crippen LogP contribution in [0.5, 0.6) is 0 Å². The molecule has 0 aliphatic rings. The van der Waals surface area contributed by atoms with E-state index in [0.29, 0.717) is 5.15 Å². The number of halogens is 2. The number of pyridine rings is 1. The molecule has 1 nitrogen and oxygen atoms in total. The minimum atomic E-state index is 0.556. The van der Waals surface area contributed by atoms with Gasteiger partial charge in [0, 0.05) is 9.86 Å². The third-order valence-electron chi connectivity index (χ3n) is 2.24. The Morgan fingerprint density at radius 1 is 1.14 bits per heavy atom. The molecule has 1 aromatic heterocycles. The van der Waals surface area contributed by atoms with Crippen LogP contribution in [0.1, 0.15) is 11.1 Å². The lowest BCUT2D eigenvalue weighted by Crippen LogP contribution is -1.88. The van der Waals surface area contributed by atoms with Crippen molar-refractivity contribution >= 4 is 38.4 Å². The Morgan fingerprint density at radius 2 is 1.86 bits per heavy atom. The zero-order valence-corrected chi connectivity index (χ0v) is 10.3. The predicted molar refractivity (Wildman–Crippen MR) is 63.9 cm³/mol. The minimum absolute atomic E-state index is 0.556. The van der Waals surface area contributed by atoms with Crippen LogP contribution in [0.15, 0.2) is 22.7 Å². The third-order valence-corrected chi connectivity index (χ3v) is 2.90. The quantitative estimate of drug-likeness (QED) is 0.652. The molecule has 0 spiro atoms. The number of aryl methyl sites for hydroxylation is 2. The molecule has 2 rings (SSSR count). The summed E-state index contributed by atoms with van der Waals surface area (Å²) in [5.41, 5.74) is 3.28. The fourth-order valence-electron chi connectivity index (χ4n) is 1.58. The molecule has 0 bridgehead atoms. The predicted octanol–water partition coefficient (Wildman–Crippen LogP) is 4.27. The first kappa shape index (κ1) is 9.94. The van der Waals surface area contributed by atoms with E-state index >= 15 is 0 Å². The summed E-state index contributed by atoms with van der Waals surface area (Å²) in [4.78, 5) is 4.32. The van der Waals surface area contributed by atoms with Crippen molar-refractivity contribution in [1.82, 2.24) is 4.98 Å². The van der Waals surface area contributed by atoms with Crippen molar-refractivity contribution in [3.63, 3.8) is 0 Å². The molecule has 0 radical (unpaired) electrons. The molecule has 0 aliphatic carbocycles. The maximum absolute atomic E-state index is 5.91. The molecule has 1 aromatic carbocycles. The second-order valence-electron chi connectivity index (χ2n) is 3.38. The van der Waals surface area contributed by atoms with Crippen molar-refractivity contribution in [3.05, 3.63) is 39.0 Å². The van der Waals surface area contributed by atoms with Gasteiger partial charge in [-0.1, -0.05) is 27.5 Å². The Hall–Kier alpha value is -0.600. The van der Waals surface area contributed by atoms with E-state index in [1.807, 2.05) is 26.0 Å². The maximum Gasteiger partial charge on any atom is 0.130 e. The van der Waals surface area contributed by atoms with Crippen molar-refractivity contribution in [2.45, 2.75) is 13.8 Å². The second-order valence-corrected chi connectivity index (χ2v) is 4.68. The highest BCUT2D eigenvalue weighted by molar-refractivity contribution is 9.10. The summed E-state index contributed by atoms with van der Waals surface area (Å²) in [6.07, 6.45) is 0. The largest absolute Gasteiger partial charge is 0.236 e. The van der Waals surface area contributed by atoms with Crippen LogP contribution in [0.25, 0.3) is 10.9 Å². The zero-order valence-electron chi connectivity index (χ0n) is 7.94. The van der Waals surface area contributed by atoms with Crippen molar-refractivity contribution in [1.29, 1.82) is 0 Å². The van der Waals surface area contributed by atoms with E-state index in [-0.39, 0.29) is 0 Å². The van der Waals surface area contributed by atoms with Crippen LogP contribution in [0, 0.1) is 13.8 Å².